The second kappa shape index (κ2) is 4.47. The van der Waals surface area contributed by atoms with Crippen LogP contribution >= 0.6 is 15.9 Å². The molecule has 3 atom stereocenters. The molecule has 0 aromatic carbocycles. The zero-order valence-electron chi connectivity index (χ0n) is 8.98. The van der Waals surface area contributed by atoms with E-state index in [1.165, 1.54) is 6.42 Å². The Labute approximate surface area is 98.4 Å². The van der Waals surface area contributed by atoms with Crippen LogP contribution in [0.15, 0.2) is 12.4 Å². The zero-order valence-corrected chi connectivity index (χ0v) is 10.6. The Bertz CT molecular complexity index is 345. The molecule has 0 amide bonds. The molecule has 0 aliphatic heterocycles. The van der Waals surface area contributed by atoms with Gasteiger partial charge in [-0.1, -0.05) is 22.9 Å². The lowest BCUT2D eigenvalue weighted by molar-refractivity contribution is 0.377. The number of nitrogens with zero attached hydrogens (tertiary/aromatic N) is 2. The van der Waals surface area contributed by atoms with E-state index >= 15 is 0 Å². The fourth-order valence-electron chi connectivity index (χ4n) is 2.25. The highest BCUT2D eigenvalue weighted by molar-refractivity contribution is 9.09. The minimum absolute atomic E-state index is 0.470. The van der Waals surface area contributed by atoms with Crippen LogP contribution in [-0.4, -0.2) is 21.9 Å². The Morgan fingerprint density at radius 2 is 2.07 bits per heavy atom. The van der Waals surface area contributed by atoms with Gasteiger partial charge in [0.1, 0.15) is 5.69 Å². The van der Waals surface area contributed by atoms with Crippen LogP contribution in [0.1, 0.15) is 31.4 Å². The molecule has 2 rings (SSSR count). The number of halogens is 1. The largest absolute Gasteiger partial charge is 0.480 e. The van der Waals surface area contributed by atoms with E-state index in [-0.39, 0.29) is 0 Å². The van der Waals surface area contributed by atoms with Gasteiger partial charge in [-0.2, -0.15) is 0 Å². The second-order valence-corrected chi connectivity index (χ2v) is 5.19. The smallest absolute Gasteiger partial charge is 0.235 e. The lowest BCUT2D eigenvalue weighted by Gasteiger charge is -2.17. The Kier molecular flexibility index (Phi) is 3.24. The summed E-state index contributed by atoms with van der Waals surface area (Å²) >= 11 is 3.70. The van der Waals surface area contributed by atoms with Crippen LogP contribution < -0.4 is 4.74 Å². The average molecular weight is 271 g/mol. The van der Waals surface area contributed by atoms with E-state index in [4.69, 9.17) is 4.74 Å². The van der Waals surface area contributed by atoms with Crippen molar-refractivity contribution >= 4 is 15.9 Å². The predicted octanol–water partition coefficient (Wildman–Crippen LogP) is 2.76. The average Bonchev–Trinajstić information content (AvgIpc) is 2.60. The van der Waals surface area contributed by atoms with Crippen LogP contribution in [0, 0.1) is 5.92 Å². The molecule has 1 aliphatic rings. The summed E-state index contributed by atoms with van der Waals surface area (Å²) in [4.78, 5) is 9.20. The standard InChI is InChI=1S/C11H15BrN2O/c1-7-8(3-4-9(7)12)10-11(15-2)14-6-5-13-10/h5-9H,3-4H2,1-2H3. The summed E-state index contributed by atoms with van der Waals surface area (Å²) in [5.74, 6) is 1.74. The number of hydrogen-bond donors (Lipinski definition) is 0. The van der Waals surface area contributed by atoms with Gasteiger partial charge in [-0.15, -0.1) is 0 Å². The third kappa shape index (κ3) is 2.00. The van der Waals surface area contributed by atoms with Crippen LogP contribution in [0.5, 0.6) is 5.88 Å². The minimum Gasteiger partial charge on any atom is -0.480 e. The quantitative estimate of drug-likeness (QED) is 0.776. The Morgan fingerprint density at radius 3 is 2.67 bits per heavy atom. The van der Waals surface area contributed by atoms with Crippen LogP contribution in [0.4, 0.5) is 0 Å². The van der Waals surface area contributed by atoms with Crippen molar-refractivity contribution in [2.24, 2.45) is 5.92 Å². The molecule has 15 heavy (non-hydrogen) atoms. The second-order valence-electron chi connectivity index (χ2n) is 4.01. The molecule has 1 fully saturated rings. The molecule has 0 radical (unpaired) electrons. The van der Waals surface area contributed by atoms with E-state index in [1.54, 1.807) is 19.5 Å². The minimum atomic E-state index is 0.470. The first-order valence-corrected chi connectivity index (χ1v) is 6.14. The van der Waals surface area contributed by atoms with Gasteiger partial charge in [0.25, 0.3) is 0 Å². The van der Waals surface area contributed by atoms with E-state index in [1.807, 2.05) is 0 Å². The maximum Gasteiger partial charge on any atom is 0.235 e. The lowest BCUT2D eigenvalue weighted by atomic mass is 9.94. The van der Waals surface area contributed by atoms with Crippen molar-refractivity contribution in [2.45, 2.75) is 30.5 Å². The highest BCUT2D eigenvalue weighted by Crippen LogP contribution is 2.44. The van der Waals surface area contributed by atoms with Crippen LogP contribution in [0.3, 0.4) is 0 Å². The van der Waals surface area contributed by atoms with Crippen LogP contribution in [0.25, 0.3) is 0 Å². The van der Waals surface area contributed by atoms with Crippen molar-refractivity contribution < 1.29 is 4.74 Å². The van der Waals surface area contributed by atoms with Gasteiger partial charge in [0, 0.05) is 23.1 Å². The van der Waals surface area contributed by atoms with Gasteiger partial charge in [0.15, 0.2) is 0 Å². The molecule has 1 aliphatic carbocycles. The molecule has 4 heteroatoms. The maximum absolute atomic E-state index is 5.25. The number of ether oxygens (including phenoxy) is 1. The van der Waals surface area contributed by atoms with E-state index in [2.05, 4.69) is 32.8 Å². The lowest BCUT2D eigenvalue weighted by Crippen LogP contribution is -2.12. The molecule has 0 bridgehead atoms. The molecule has 0 N–H and O–H groups in total. The number of hydrogen-bond acceptors (Lipinski definition) is 3. The van der Waals surface area contributed by atoms with Crippen molar-refractivity contribution in [1.29, 1.82) is 0 Å². The third-order valence-electron chi connectivity index (χ3n) is 3.19. The summed E-state index contributed by atoms with van der Waals surface area (Å²) in [5.41, 5.74) is 1.01. The molecule has 1 aromatic heterocycles. The van der Waals surface area contributed by atoms with Crippen molar-refractivity contribution in [3.63, 3.8) is 0 Å². The first-order valence-electron chi connectivity index (χ1n) is 5.23. The fourth-order valence-corrected chi connectivity index (χ4v) is 2.88. The van der Waals surface area contributed by atoms with E-state index in [0.717, 1.165) is 12.1 Å². The molecular weight excluding hydrogens is 256 g/mol. The predicted molar refractivity (Wildman–Crippen MR) is 62.4 cm³/mol. The highest BCUT2D eigenvalue weighted by atomic mass is 79.9. The molecule has 3 unspecified atom stereocenters. The van der Waals surface area contributed by atoms with Crippen LogP contribution in [-0.2, 0) is 0 Å². The molecule has 1 saturated carbocycles. The van der Waals surface area contributed by atoms with Gasteiger partial charge in [-0.3, -0.25) is 4.98 Å². The Balaban J connectivity index is 2.29. The summed E-state index contributed by atoms with van der Waals surface area (Å²) in [6.07, 6.45) is 5.78. The van der Waals surface area contributed by atoms with Gasteiger partial charge in [-0.05, 0) is 18.8 Å². The van der Waals surface area contributed by atoms with Crippen molar-refractivity contribution in [1.82, 2.24) is 9.97 Å². The van der Waals surface area contributed by atoms with E-state index in [9.17, 15) is 0 Å². The zero-order chi connectivity index (χ0) is 10.8. The van der Waals surface area contributed by atoms with Gasteiger partial charge >= 0.3 is 0 Å². The first kappa shape index (κ1) is 10.9. The van der Waals surface area contributed by atoms with Crippen molar-refractivity contribution in [3.8, 4) is 5.88 Å². The SMILES string of the molecule is COc1nccnc1C1CCC(Br)C1C. The highest BCUT2D eigenvalue weighted by Gasteiger charge is 2.34. The number of rotatable bonds is 2. The number of methoxy groups -OCH3 is 1. The Morgan fingerprint density at radius 1 is 1.33 bits per heavy atom. The third-order valence-corrected chi connectivity index (χ3v) is 4.49. The Hall–Kier alpha value is -0.640. The molecular formula is C11H15BrN2O. The first-order chi connectivity index (χ1) is 7.24. The maximum atomic E-state index is 5.25. The molecule has 1 heterocycles. The molecule has 3 nitrogen and oxygen atoms in total. The van der Waals surface area contributed by atoms with Gasteiger partial charge in [0.05, 0.1) is 7.11 Å². The summed E-state index contributed by atoms with van der Waals surface area (Å²) in [7, 11) is 1.65. The molecule has 1 aromatic rings. The summed E-state index contributed by atoms with van der Waals surface area (Å²) in [6.45, 7) is 2.26. The molecule has 82 valence electrons. The van der Waals surface area contributed by atoms with Crippen LogP contribution in [0.2, 0.25) is 0 Å². The number of alkyl halides is 1. The summed E-state index contributed by atoms with van der Waals surface area (Å²) < 4.78 is 5.25. The summed E-state index contributed by atoms with van der Waals surface area (Å²) in [6, 6.07) is 0. The summed E-state index contributed by atoms with van der Waals surface area (Å²) in [5, 5.41) is 0. The molecule has 0 spiro atoms. The normalized spacial score (nSPS) is 30.5. The van der Waals surface area contributed by atoms with E-state index in [0.29, 0.717) is 22.5 Å². The van der Waals surface area contributed by atoms with Gasteiger partial charge < -0.3 is 4.74 Å². The molecule has 0 saturated heterocycles. The van der Waals surface area contributed by atoms with E-state index < -0.39 is 0 Å². The topological polar surface area (TPSA) is 35.0 Å². The fraction of sp³-hybridized carbons (Fsp3) is 0.636. The van der Waals surface area contributed by atoms with Crippen molar-refractivity contribution in [2.75, 3.05) is 7.11 Å². The van der Waals surface area contributed by atoms with Gasteiger partial charge in [0.2, 0.25) is 5.88 Å². The van der Waals surface area contributed by atoms with Gasteiger partial charge in [-0.25, -0.2) is 4.98 Å². The van der Waals surface area contributed by atoms with Crippen molar-refractivity contribution in [3.05, 3.63) is 18.1 Å². The monoisotopic (exact) mass is 270 g/mol. The number of aromatic nitrogens is 2.